The molecule has 5 nitrogen and oxygen atoms in total. The van der Waals surface area contributed by atoms with Crippen LogP contribution in [0.4, 0.5) is 5.69 Å². The van der Waals surface area contributed by atoms with Gasteiger partial charge in [0, 0.05) is 24.9 Å². The molecule has 114 valence electrons. The van der Waals surface area contributed by atoms with Crippen LogP contribution in [0.1, 0.15) is 43.5 Å². The average molecular weight is 291 g/mol. The summed E-state index contributed by atoms with van der Waals surface area (Å²) in [6, 6.07) is 5.44. The van der Waals surface area contributed by atoms with Crippen molar-refractivity contribution >= 4 is 17.4 Å². The van der Waals surface area contributed by atoms with Gasteiger partial charge >= 0.3 is 5.97 Å². The number of ether oxygens (including phenoxy) is 1. The van der Waals surface area contributed by atoms with E-state index in [1.807, 2.05) is 19.1 Å². The minimum absolute atomic E-state index is 0.0197. The summed E-state index contributed by atoms with van der Waals surface area (Å²) >= 11 is 0. The Labute approximate surface area is 124 Å². The van der Waals surface area contributed by atoms with Gasteiger partial charge in [-0.15, -0.1) is 0 Å². The predicted molar refractivity (Wildman–Crippen MR) is 80.2 cm³/mol. The Morgan fingerprint density at radius 1 is 1.38 bits per heavy atom. The highest BCUT2D eigenvalue weighted by molar-refractivity contribution is 5.97. The van der Waals surface area contributed by atoms with E-state index >= 15 is 0 Å². The quantitative estimate of drug-likeness (QED) is 0.816. The summed E-state index contributed by atoms with van der Waals surface area (Å²) in [5, 5.41) is 8.61. The summed E-state index contributed by atoms with van der Waals surface area (Å²) in [6.45, 7) is 5.76. The van der Waals surface area contributed by atoms with Crippen molar-refractivity contribution in [2.75, 3.05) is 18.0 Å². The largest absolute Gasteiger partial charge is 0.487 e. The number of anilines is 1. The topological polar surface area (TPSA) is 66.8 Å². The first-order valence-corrected chi connectivity index (χ1v) is 7.32. The zero-order chi connectivity index (χ0) is 15.4. The van der Waals surface area contributed by atoms with E-state index in [0.29, 0.717) is 12.0 Å². The number of carbonyl (C=O) groups excluding carboxylic acids is 1. The standard InChI is InChI=1S/C16H21NO4/c1-3-17-10-11(2)21-15-8-7-12(9-13(15)17)14(18)5-4-6-16(19)20/h7-9,11H,3-6,10H2,1-2H3,(H,19,20). The monoisotopic (exact) mass is 291 g/mol. The van der Waals surface area contributed by atoms with Gasteiger partial charge in [0.1, 0.15) is 11.9 Å². The molecule has 1 aromatic carbocycles. The van der Waals surface area contributed by atoms with Crippen LogP contribution in [0.25, 0.3) is 0 Å². The van der Waals surface area contributed by atoms with Gasteiger partial charge in [0.25, 0.3) is 0 Å². The minimum atomic E-state index is -0.868. The van der Waals surface area contributed by atoms with Crippen LogP contribution in [0.15, 0.2) is 18.2 Å². The van der Waals surface area contributed by atoms with Crippen molar-refractivity contribution in [1.82, 2.24) is 0 Å². The summed E-state index contributed by atoms with van der Waals surface area (Å²) < 4.78 is 5.78. The number of likely N-dealkylation sites (N-methyl/N-ethyl adjacent to an activating group) is 1. The number of fused-ring (bicyclic) bond motifs is 1. The first kappa shape index (κ1) is 15.4. The molecule has 0 amide bonds. The van der Waals surface area contributed by atoms with Gasteiger partial charge in [-0.1, -0.05) is 0 Å². The van der Waals surface area contributed by atoms with Crippen molar-refractivity contribution in [3.63, 3.8) is 0 Å². The summed E-state index contributed by atoms with van der Waals surface area (Å²) in [5.41, 5.74) is 1.57. The van der Waals surface area contributed by atoms with Crippen LogP contribution in [0.2, 0.25) is 0 Å². The fourth-order valence-corrected chi connectivity index (χ4v) is 2.54. The molecule has 0 bridgehead atoms. The Morgan fingerprint density at radius 2 is 2.14 bits per heavy atom. The van der Waals surface area contributed by atoms with E-state index in [0.717, 1.165) is 24.5 Å². The molecule has 1 aromatic rings. The predicted octanol–water partition coefficient (Wildman–Crippen LogP) is 2.73. The number of carbonyl (C=O) groups is 2. The highest BCUT2D eigenvalue weighted by atomic mass is 16.5. The van der Waals surface area contributed by atoms with E-state index in [1.165, 1.54) is 0 Å². The Hall–Kier alpha value is -2.04. The van der Waals surface area contributed by atoms with Gasteiger partial charge in [0.15, 0.2) is 5.78 Å². The fraction of sp³-hybridized carbons (Fsp3) is 0.500. The maximum Gasteiger partial charge on any atom is 0.303 e. The summed E-state index contributed by atoms with van der Waals surface area (Å²) in [4.78, 5) is 24.8. The molecule has 1 unspecified atom stereocenters. The third kappa shape index (κ3) is 3.74. The number of hydrogen-bond acceptors (Lipinski definition) is 4. The first-order valence-electron chi connectivity index (χ1n) is 7.32. The molecule has 0 radical (unpaired) electrons. The maximum atomic E-state index is 12.1. The molecular weight excluding hydrogens is 270 g/mol. The van der Waals surface area contributed by atoms with Crippen LogP contribution >= 0.6 is 0 Å². The highest BCUT2D eigenvalue weighted by Gasteiger charge is 2.23. The van der Waals surface area contributed by atoms with Gasteiger partial charge in [0.05, 0.1) is 12.2 Å². The van der Waals surface area contributed by atoms with Crippen molar-refractivity contribution in [2.24, 2.45) is 0 Å². The summed E-state index contributed by atoms with van der Waals surface area (Å²) in [5.74, 6) is -0.0841. The number of benzene rings is 1. The van der Waals surface area contributed by atoms with Crippen LogP contribution < -0.4 is 9.64 Å². The molecule has 1 aliphatic heterocycles. The van der Waals surface area contributed by atoms with E-state index in [1.54, 1.807) is 6.07 Å². The Kier molecular flexibility index (Phi) is 4.83. The Balaban J connectivity index is 2.12. The molecule has 0 aromatic heterocycles. The van der Waals surface area contributed by atoms with Gasteiger partial charge in [-0.25, -0.2) is 0 Å². The second kappa shape index (κ2) is 6.61. The smallest absolute Gasteiger partial charge is 0.303 e. The van der Waals surface area contributed by atoms with Crippen LogP contribution in [-0.4, -0.2) is 36.1 Å². The molecule has 0 fully saturated rings. The number of nitrogens with zero attached hydrogens (tertiary/aromatic N) is 1. The molecule has 2 rings (SSSR count). The molecule has 0 aliphatic carbocycles. The lowest BCUT2D eigenvalue weighted by atomic mass is 10.0. The van der Waals surface area contributed by atoms with E-state index in [4.69, 9.17) is 9.84 Å². The third-order valence-corrected chi connectivity index (χ3v) is 3.60. The molecule has 21 heavy (non-hydrogen) atoms. The van der Waals surface area contributed by atoms with Crippen LogP contribution in [0.3, 0.4) is 0 Å². The summed E-state index contributed by atoms with van der Waals surface area (Å²) in [7, 11) is 0. The lowest BCUT2D eigenvalue weighted by Crippen LogP contribution is -2.38. The Bertz CT molecular complexity index is 541. The lowest BCUT2D eigenvalue weighted by molar-refractivity contribution is -0.137. The SMILES string of the molecule is CCN1CC(C)Oc2ccc(C(=O)CCCC(=O)O)cc21. The van der Waals surface area contributed by atoms with Gasteiger partial charge in [-0.2, -0.15) is 0 Å². The fourth-order valence-electron chi connectivity index (χ4n) is 2.54. The normalized spacial score (nSPS) is 17.0. The summed E-state index contributed by atoms with van der Waals surface area (Å²) in [6.07, 6.45) is 0.790. The van der Waals surface area contributed by atoms with Crippen molar-refractivity contribution < 1.29 is 19.4 Å². The molecule has 0 saturated heterocycles. The van der Waals surface area contributed by atoms with Crippen LogP contribution in [0.5, 0.6) is 5.75 Å². The van der Waals surface area contributed by atoms with Gasteiger partial charge in [-0.05, 0) is 38.5 Å². The number of hydrogen-bond donors (Lipinski definition) is 1. The van der Waals surface area contributed by atoms with Crippen LogP contribution in [-0.2, 0) is 4.79 Å². The van der Waals surface area contributed by atoms with Crippen molar-refractivity contribution in [2.45, 2.75) is 39.2 Å². The zero-order valence-corrected chi connectivity index (χ0v) is 12.5. The molecule has 1 N–H and O–H groups in total. The number of rotatable bonds is 6. The molecule has 5 heteroatoms. The van der Waals surface area contributed by atoms with Crippen molar-refractivity contribution in [3.05, 3.63) is 23.8 Å². The van der Waals surface area contributed by atoms with E-state index < -0.39 is 5.97 Å². The molecule has 1 aliphatic rings. The number of ketones is 1. The van der Waals surface area contributed by atoms with Gasteiger partial charge < -0.3 is 14.7 Å². The van der Waals surface area contributed by atoms with Crippen molar-refractivity contribution in [1.29, 1.82) is 0 Å². The van der Waals surface area contributed by atoms with E-state index in [9.17, 15) is 9.59 Å². The Morgan fingerprint density at radius 3 is 2.81 bits per heavy atom. The number of aliphatic carboxylic acids is 1. The van der Waals surface area contributed by atoms with E-state index in [2.05, 4.69) is 11.8 Å². The van der Waals surface area contributed by atoms with Crippen molar-refractivity contribution in [3.8, 4) is 5.75 Å². The minimum Gasteiger partial charge on any atom is -0.487 e. The lowest BCUT2D eigenvalue weighted by Gasteiger charge is -2.34. The highest BCUT2D eigenvalue weighted by Crippen LogP contribution is 2.34. The van der Waals surface area contributed by atoms with Crippen LogP contribution in [0, 0.1) is 0 Å². The van der Waals surface area contributed by atoms with Gasteiger partial charge in [-0.3, -0.25) is 9.59 Å². The van der Waals surface area contributed by atoms with E-state index in [-0.39, 0.29) is 24.7 Å². The molecule has 0 spiro atoms. The second-order valence-corrected chi connectivity index (χ2v) is 5.32. The molecule has 1 atom stereocenters. The third-order valence-electron chi connectivity index (χ3n) is 3.60. The number of Topliss-reactive ketones (excluding diaryl/α,β-unsaturated/α-hetero) is 1. The van der Waals surface area contributed by atoms with Gasteiger partial charge in [0.2, 0.25) is 0 Å². The number of carboxylic acid groups (broad SMARTS) is 1. The molecular formula is C16H21NO4. The molecule has 1 heterocycles. The maximum absolute atomic E-state index is 12.1. The average Bonchev–Trinajstić information content (AvgIpc) is 2.45. The first-order chi connectivity index (χ1) is 10.0. The molecule has 0 saturated carbocycles. The second-order valence-electron chi connectivity index (χ2n) is 5.32. The zero-order valence-electron chi connectivity index (χ0n) is 12.5. The number of carboxylic acids is 1.